The summed E-state index contributed by atoms with van der Waals surface area (Å²) >= 11 is 0. The zero-order valence-corrected chi connectivity index (χ0v) is 11.5. The van der Waals surface area contributed by atoms with Gasteiger partial charge in [0.2, 0.25) is 5.71 Å². The second-order valence-electron chi connectivity index (χ2n) is 4.04. The second kappa shape index (κ2) is 6.68. The standard InChI is InChI=1S/C14H10N6O2/c1-22-14(21)13-6-12(19-20-13)9-3-2-4-10(5-9)17-18-11(7-15)8-16/h2-6,17H,1H3,(H,19,20). The number of ether oxygens (including phenoxy) is 1. The minimum absolute atomic E-state index is 0.241. The van der Waals surface area contributed by atoms with Gasteiger partial charge in [-0.3, -0.25) is 10.5 Å². The monoisotopic (exact) mass is 294 g/mol. The molecule has 0 spiro atoms. The van der Waals surface area contributed by atoms with Crippen molar-refractivity contribution in [2.75, 3.05) is 12.5 Å². The summed E-state index contributed by atoms with van der Waals surface area (Å²) < 4.78 is 4.60. The number of methoxy groups -OCH3 is 1. The van der Waals surface area contributed by atoms with Gasteiger partial charge in [0.05, 0.1) is 18.5 Å². The van der Waals surface area contributed by atoms with Crippen LogP contribution >= 0.6 is 0 Å². The van der Waals surface area contributed by atoms with Gasteiger partial charge in [0.15, 0.2) is 0 Å². The van der Waals surface area contributed by atoms with Gasteiger partial charge in [0, 0.05) is 5.56 Å². The summed E-state index contributed by atoms with van der Waals surface area (Å²) in [6.45, 7) is 0. The van der Waals surface area contributed by atoms with Crippen molar-refractivity contribution in [1.29, 1.82) is 10.5 Å². The van der Waals surface area contributed by atoms with E-state index in [1.54, 1.807) is 42.5 Å². The predicted molar refractivity (Wildman–Crippen MR) is 77.6 cm³/mol. The number of benzene rings is 1. The van der Waals surface area contributed by atoms with Crippen LogP contribution in [0.2, 0.25) is 0 Å². The van der Waals surface area contributed by atoms with E-state index in [-0.39, 0.29) is 11.4 Å². The SMILES string of the molecule is COC(=O)c1cc(-c2cccc(NN=C(C#N)C#N)c2)n[nH]1. The molecule has 8 heteroatoms. The van der Waals surface area contributed by atoms with E-state index >= 15 is 0 Å². The minimum Gasteiger partial charge on any atom is -0.464 e. The summed E-state index contributed by atoms with van der Waals surface area (Å²) in [6, 6.07) is 11.8. The summed E-state index contributed by atoms with van der Waals surface area (Å²) in [4.78, 5) is 11.4. The fourth-order valence-corrected chi connectivity index (χ4v) is 1.63. The fraction of sp³-hybridized carbons (Fsp3) is 0.0714. The van der Waals surface area contributed by atoms with E-state index in [1.807, 2.05) is 0 Å². The molecule has 2 aromatic rings. The lowest BCUT2D eigenvalue weighted by atomic mass is 10.1. The van der Waals surface area contributed by atoms with Gasteiger partial charge in [-0.1, -0.05) is 12.1 Å². The first-order valence-corrected chi connectivity index (χ1v) is 6.06. The lowest BCUT2D eigenvalue weighted by Crippen LogP contribution is -2.00. The Morgan fingerprint density at radius 2 is 2.14 bits per heavy atom. The van der Waals surface area contributed by atoms with E-state index in [0.717, 1.165) is 5.56 Å². The lowest BCUT2D eigenvalue weighted by molar-refractivity contribution is 0.0594. The van der Waals surface area contributed by atoms with E-state index < -0.39 is 5.97 Å². The number of nitrogens with one attached hydrogen (secondary N) is 2. The van der Waals surface area contributed by atoms with E-state index in [1.165, 1.54) is 7.11 Å². The van der Waals surface area contributed by atoms with Gasteiger partial charge >= 0.3 is 5.97 Å². The van der Waals surface area contributed by atoms with Crippen LogP contribution in [-0.4, -0.2) is 29.0 Å². The van der Waals surface area contributed by atoms with E-state index in [9.17, 15) is 4.79 Å². The molecule has 0 radical (unpaired) electrons. The van der Waals surface area contributed by atoms with Crippen LogP contribution in [0.15, 0.2) is 35.4 Å². The normalized spacial score (nSPS) is 9.23. The Morgan fingerprint density at radius 1 is 1.36 bits per heavy atom. The maximum atomic E-state index is 11.4. The summed E-state index contributed by atoms with van der Waals surface area (Å²) in [5, 5.41) is 27.5. The number of hydrogen-bond acceptors (Lipinski definition) is 7. The van der Waals surface area contributed by atoms with Gasteiger partial charge in [-0.2, -0.15) is 20.7 Å². The van der Waals surface area contributed by atoms with Crippen molar-refractivity contribution < 1.29 is 9.53 Å². The number of nitrogens with zero attached hydrogens (tertiary/aromatic N) is 4. The second-order valence-corrected chi connectivity index (χ2v) is 4.04. The Labute approximate surface area is 125 Å². The molecule has 0 aliphatic rings. The first kappa shape index (κ1) is 14.8. The maximum Gasteiger partial charge on any atom is 0.356 e. The van der Waals surface area contributed by atoms with Gasteiger partial charge in [-0.15, -0.1) is 0 Å². The fourth-order valence-electron chi connectivity index (χ4n) is 1.63. The quantitative estimate of drug-likeness (QED) is 0.501. The predicted octanol–water partition coefficient (Wildman–Crippen LogP) is 1.68. The molecule has 0 aliphatic heterocycles. The summed E-state index contributed by atoms with van der Waals surface area (Å²) in [7, 11) is 1.29. The molecule has 1 heterocycles. The van der Waals surface area contributed by atoms with Crippen molar-refractivity contribution in [1.82, 2.24) is 10.2 Å². The Morgan fingerprint density at radius 3 is 2.82 bits per heavy atom. The van der Waals surface area contributed by atoms with E-state index in [2.05, 4.69) is 25.5 Å². The Bertz CT molecular complexity index is 793. The molecule has 0 saturated heterocycles. The van der Waals surface area contributed by atoms with Crippen LogP contribution in [0.3, 0.4) is 0 Å². The van der Waals surface area contributed by atoms with Crippen molar-refractivity contribution >= 4 is 17.4 Å². The maximum absolute atomic E-state index is 11.4. The van der Waals surface area contributed by atoms with Crippen molar-refractivity contribution in [3.63, 3.8) is 0 Å². The van der Waals surface area contributed by atoms with Crippen molar-refractivity contribution in [2.45, 2.75) is 0 Å². The number of anilines is 1. The van der Waals surface area contributed by atoms with Gasteiger partial charge < -0.3 is 4.74 Å². The lowest BCUT2D eigenvalue weighted by Gasteiger charge is -2.02. The number of aromatic nitrogens is 2. The van der Waals surface area contributed by atoms with Crippen LogP contribution in [0.5, 0.6) is 0 Å². The summed E-state index contributed by atoms with van der Waals surface area (Å²) in [5.74, 6) is -0.509. The molecule has 1 aromatic carbocycles. The molecule has 22 heavy (non-hydrogen) atoms. The smallest absolute Gasteiger partial charge is 0.356 e. The first-order chi connectivity index (χ1) is 10.7. The molecular formula is C14H10N6O2. The summed E-state index contributed by atoms with van der Waals surface area (Å²) in [6.07, 6.45) is 0. The molecule has 0 amide bonds. The first-order valence-electron chi connectivity index (χ1n) is 6.06. The minimum atomic E-state index is -0.509. The zero-order valence-electron chi connectivity index (χ0n) is 11.5. The van der Waals surface area contributed by atoms with Crippen LogP contribution in [0.1, 0.15) is 10.5 Å². The number of rotatable bonds is 4. The molecule has 0 saturated carbocycles. The third kappa shape index (κ3) is 3.26. The molecule has 8 nitrogen and oxygen atoms in total. The molecule has 108 valence electrons. The highest BCUT2D eigenvalue weighted by atomic mass is 16.5. The molecule has 0 fully saturated rings. The van der Waals surface area contributed by atoms with Gasteiger partial charge in [0.25, 0.3) is 0 Å². The number of aromatic amines is 1. The third-order valence-corrected chi connectivity index (χ3v) is 2.65. The average molecular weight is 294 g/mol. The number of nitriles is 2. The molecule has 0 atom stereocenters. The highest BCUT2D eigenvalue weighted by Crippen LogP contribution is 2.21. The average Bonchev–Trinajstić information content (AvgIpc) is 3.05. The molecule has 0 aliphatic carbocycles. The molecular weight excluding hydrogens is 284 g/mol. The van der Waals surface area contributed by atoms with Crippen LogP contribution in [-0.2, 0) is 4.74 Å². The third-order valence-electron chi connectivity index (χ3n) is 2.65. The zero-order chi connectivity index (χ0) is 15.9. The summed E-state index contributed by atoms with van der Waals surface area (Å²) in [5.41, 5.74) is 4.42. The van der Waals surface area contributed by atoms with Crippen LogP contribution in [0.25, 0.3) is 11.3 Å². The topological polar surface area (TPSA) is 127 Å². The Kier molecular flexibility index (Phi) is 4.48. The van der Waals surface area contributed by atoms with Crippen molar-refractivity contribution in [3.05, 3.63) is 36.0 Å². The molecule has 2 N–H and O–H groups in total. The Balaban J connectivity index is 2.24. The van der Waals surface area contributed by atoms with Crippen LogP contribution in [0, 0.1) is 22.7 Å². The van der Waals surface area contributed by atoms with Crippen LogP contribution < -0.4 is 5.43 Å². The van der Waals surface area contributed by atoms with Crippen molar-refractivity contribution in [2.24, 2.45) is 5.10 Å². The largest absolute Gasteiger partial charge is 0.464 e. The molecule has 2 rings (SSSR count). The molecule has 0 bridgehead atoms. The number of H-pyrrole nitrogens is 1. The molecule has 1 aromatic heterocycles. The number of carbonyl (C=O) groups excluding carboxylic acids is 1. The van der Waals surface area contributed by atoms with Gasteiger partial charge in [0.1, 0.15) is 17.8 Å². The number of hydrogen-bond donors (Lipinski definition) is 2. The van der Waals surface area contributed by atoms with E-state index in [0.29, 0.717) is 11.4 Å². The van der Waals surface area contributed by atoms with Gasteiger partial charge in [-0.25, -0.2) is 4.79 Å². The van der Waals surface area contributed by atoms with Crippen LogP contribution in [0.4, 0.5) is 5.69 Å². The van der Waals surface area contributed by atoms with Crippen molar-refractivity contribution in [3.8, 4) is 23.4 Å². The highest BCUT2D eigenvalue weighted by molar-refractivity contribution is 6.10. The number of hydrazone groups is 1. The molecule has 0 unspecified atom stereocenters. The number of esters is 1. The van der Waals surface area contributed by atoms with Gasteiger partial charge in [-0.05, 0) is 18.2 Å². The number of carbonyl (C=O) groups is 1. The Hall–Kier alpha value is -3.65. The van der Waals surface area contributed by atoms with E-state index in [4.69, 9.17) is 10.5 Å². The highest BCUT2D eigenvalue weighted by Gasteiger charge is 2.11.